The second-order valence-corrected chi connectivity index (χ2v) is 7.12. The lowest BCUT2D eigenvalue weighted by Gasteiger charge is -2.16. The quantitative estimate of drug-likeness (QED) is 0.654. The molecule has 0 aliphatic heterocycles. The van der Waals surface area contributed by atoms with Gasteiger partial charge in [-0.3, -0.25) is 14.6 Å². The van der Waals surface area contributed by atoms with Crippen molar-refractivity contribution in [2.75, 3.05) is 6.61 Å². The van der Waals surface area contributed by atoms with Crippen LogP contribution in [0.3, 0.4) is 0 Å². The topological polar surface area (TPSA) is 81.2 Å². The monoisotopic (exact) mass is 443 g/mol. The second-order valence-electron chi connectivity index (χ2n) is 6.71. The average Bonchev–Trinajstić information content (AvgIpc) is 2.65. The molecule has 0 aliphatic carbocycles. The Balaban J connectivity index is 2.10. The number of amides is 1. The first kappa shape index (κ1) is 23.6. The number of hydrogen-bond donors (Lipinski definition) is 1. The van der Waals surface area contributed by atoms with Crippen LogP contribution < -0.4 is 10.1 Å². The lowest BCUT2D eigenvalue weighted by atomic mass is 10.1. The van der Waals surface area contributed by atoms with Gasteiger partial charge in [-0.2, -0.15) is 13.2 Å². The number of aromatic nitrogens is 2. The Bertz CT molecular complexity index is 935. The van der Waals surface area contributed by atoms with E-state index in [1.54, 1.807) is 32.9 Å². The maximum Gasteiger partial charge on any atom is 0.422 e. The van der Waals surface area contributed by atoms with Gasteiger partial charge >= 0.3 is 6.18 Å². The Morgan fingerprint density at radius 3 is 2.57 bits per heavy atom. The number of aryl methyl sites for hydroxylation is 1. The minimum atomic E-state index is -4.51. The molecule has 1 unspecified atom stereocenters. The van der Waals surface area contributed by atoms with Gasteiger partial charge in [0.1, 0.15) is 10.8 Å². The summed E-state index contributed by atoms with van der Waals surface area (Å²) in [5.74, 6) is -0.723. The van der Waals surface area contributed by atoms with Gasteiger partial charge in [0, 0.05) is 36.0 Å². The Labute approximate surface area is 176 Å². The van der Waals surface area contributed by atoms with Crippen LogP contribution in [-0.4, -0.2) is 34.4 Å². The number of carbonyl (C=O) groups is 2. The molecule has 0 saturated heterocycles. The molecule has 0 radical (unpaired) electrons. The SMILES string of the molecule is CCC(=O)Cc1cc(C(=O)NC(C)c2cnc(OCC(F)(F)F)c(Cl)c2)cc(C)n1. The zero-order valence-electron chi connectivity index (χ0n) is 16.6. The number of halogens is 4. The summed E-state index contributed by atoms with van der Waals surface area (Å²) in [5.41, 5.74) is 1.94. The summed E-state index contributed by atoms with van der Waals surface area (Å²) in [6, 6.07) is 4.01. The van der Waals surface area contributed by atoms with Crippen molar-refractivity contribution in [1.82, 2.24) is 15.3 Å². The van der Waals surface area contributed by atoms with E-state index in [1.165, 1.54) is 12.3 Å². The van der Waals surface area contributed by atoms with Gasteiger partial charge in [0.15, 0.2) is 6.61 Å². The van der Waals surface area contributed by atoms with Crippen molar-refractivity contribution < 1.29 is 27.5 Å². The van der Waals surface area contributed by atoms with Crippen molar-refractivity contribution in [1.29, 1.82) is 0 Å². The number of rotatable bonds is 8. The number of nitrogens with one attached hydrogen (secondary N) is 1. The van der Waals surface area contributed by atoms with E-state index in [1.807, 2.05) is 0 Å². The van der Waals surface area contributed by atoms with Crippen LogP contribution in [0.1, 0.15) is 53.6 Å². The van der Waals surface area contributed by atoms with Crippen molar-refractivity contribution in [3.05, 3.63) is 51.9 Å². The number of alkyl halides is 3. The van der Waals surface area contributed by atoms with Crippen molar-refractivity contribution in [2.24, 2.45) is 0 Å². The highest BCUT2D eigenvalue weighted by Gasteiger charge is 2.29. The molecular formula is C20H21ClF3N3O3. The van der Waals surface area contributed by atoms with E-state index in [0.717, 1.165) is 0 Å². The highest BCUT2D eigenvalue weighted by Crippen LogP contribution is 2.27. The molecule has 0 aromatic carbocycles. The zero-order chi connectivity index (χ0) is 22.5. The van der Waals surface area contributed by atoms with E-state index in [0.29, 0.717) is 28.9 Å². The fourth-order valence-electron chi connectivity index (χ4n) is 2.58. The normalized spacial score (nSPS) is 12.4. The van der Waals surface area contributed by atoms with E-state index in [4.69, 9.17) is 11.6 Å². The fraction of sp³-hybridized carbons (Fsp3) is 0.400. The average molecular weight is 444 g/mol. The number of nitrogens with zero attached hydrogens (tertiary/aromatic N) is 2. The highest BCUT2D eigenvalue weighted by atomic mass is 35.5. The molecule has 162 valence electrons. The smallest absolute Gasteiger partial charge is 0.422 e. The van der Waals surface area contributed by atoms with E-state index in [2.05, 4.69) is 20.0 Å². The van der Waals surface area contributed by atoms with Crippen LogP contribution in [-0.2, 0) is 11.2 Å². The zero-order valence-corrected chi connectivity index (χ0v) is 17.4. The van der Waals surface area contributed by atoms with Crippen LogP contribution in [0.15, 0.2) is 24.4 Å². The lowest BCUT2D eigenvalue weighted by Crippen LogP contribution is -2.27. The fourth-order valence-corrected chi connectivity index (χ4v) is 2.81. The van der Waals surface area contributed by atoms with E-state index >= 15 is 0 Å². The molecule has 2 heterocycles. The molecule has 10 heteroatoms. The molecule has 1 amide bonds. The van der Waals surface area contributed by atoms with Gasteiger partial charge in [0.25, 0.3) is 5.91 Å². The molecule has 1 N–H and O–H groups in total. The molecule has 0 fully saturated rings. The first-order valence-electron chi connectivity index (χ1n) is 9.13. The van der Waals surface area contributed by atoms with Crippen LogP contribution in [0, 0.1) is 6.92 Å². The number of hydrogen-bond acceptors (Lipinski definition) is 5. The summed E-state index contributed by atoms with van der Waals surface area (Å²) in [7, 11) is 0. The first-order valence-corrected chi connectivity index (χ1v) is 9.51. The molecule has 2 rings (SSSR count). The number of Topliss-reactive ketones (excluding diaryl/α,β-unsaturated/α-hetero) is 1. The molecule has 6 nitrogen and oxygen atoms in total. The summed E-state index contributed by atoms with van der Waals surface area (Å²) in [6.07, 6.45) is -2.70. The predicted octanol–water partition coefficient (Wildman–Crippen LogP) is 4.39. The van der Waals surface area contributed by atoms with Crippen molar-refractivity contribution >= 4 is 23.3 Å². The van der Waals surface area contributed by atoms with Crippen molar-refractivity contribution in [2.45, 2.75) is 45.8 Å². The number of carbonyl (C=O) groups excluding carboxylic acids is 2. The second kappa shape index (κ2) is 9.88. The Kier molecular flexibility index (Phi) is 7.77. The summed E-state index contributed by atoms with van der Waals surface area (Å²) in [5, 5.41) is 2.67. The molecular weight excluding hydrogens is 423 g/mol. The number of ketones is 1. The van der Waals surface area contributed by atoms with Crippen LogP contribution in [0.5, 0.6) is 5.88 Å². The predicted molar refractivity (Wildman–Crippen MR) is 105 cm³/mol. The minimum absolute atomic E-state index is 0.0152. The van der Waals surface area contributed by atoms with Crippen LogP contribution in [0.4, 0.5) is 13.2 Å². The molecule has 0 aliphatic rings. The largest absolute Gasteiger partial charge is 0.467 e. The molecule has 2 aromatic rings. The Morgan fingerprint density at radius 1 is 1.27 bits per heavy atom. The molecule has 0 bridgehead atoms. The van der Waals surface area contributed by atoms with E-state index < -0.39 is 24.7 Å². The van der Waals surface area contributed by atoms with E-state index in [-0.39, 0.29) is 23.1 Å². The number of pyridine rings is 2. The van der Waals surface area contributed by atoms with Crippen molar-refractivity contribution in [3.8, 4) is 5.88 Å². The van der Waals surface area contributed by atoms with Gasteiger partial charge in [0.05, 0.1) is 6.04 Å². The Hall–Kier alpha value is -2.68. The van der Waals surface area contributed by atoms with Crippen LogP contribution in [0.25, 0.3) is 0 Å². The maximum atomic E-state index is 12.6. The lowest BCUT2D eigenvalue weighted by molar-refractivity contribution is -0.154. The van der Waals surface area contributed by atoms with Gasteiger partial charge in [-0.1, -0.05) is 18.5 Å². The third kappa shape index (κ3) is 6.98. The van der Waals surface area contributed by atoms with Gasteiger partial charge in [-0.05, 0) is 37.6 Å². The molecule has 1 atom stereocenters. The molecule has 30 heavy (non-hydrogen) atoms. The highest BCUT2D eigenvalue weighted by molar-refractivity contribution is 6.31. The summed E-state index contributed by atoms with van der Waals surface area (Å²) < 4.78 is 41.4. The Morgan fingerprint density at radius 2 is 1.97 bits per heavy atom. The number of ether oxygens (including phenoxy) is 1. The summed E-state index contributed by atoms with van der Waals surface area (Å²) >= 11 is 5.95. The summed E-state index contributed by atoms with van der Waals surface area (Å²) in [4.78, 5) is 32.4. The minimum Gasteiger partial charge on any atom is -0.467 e. The third-order valence-corrected chi connectivity index (χ3v) is 4.36. The van der Waals surface area contributed by atoms with Gasteiger partial charge < -0.3 is 10.1 Å². The van der Waals surface area contributed by atoms with Gasteiger partial charge in [-0.15, -0.1) is 0 Å². The standard InChI is InChI=1S/C20H21ClF3N3O3/c1-4-16(28)8-15-6-13(5-11(2)26-15)18(29)27-12(3)14-7-17(21)19(25-9-14)30-10-20(22,23)24/h5-7,9,12H,4,8,10H2,1-3H3,(H,27,29). The molecule has 0 spiro atoms. The molecule has 0 saturated carbocycles. The van der Waals surface area contributed by atoms with Crippen molar-refractivity contribution in [3.63, 3.8) is 0 Å². The molecule has 2 aromatic heterocycles. The van der Waals surface area contributed by atoms with Crippen LogP contribution in [0.2, 0.25) is 5.02 Å². The van der Waals surface area contributed by atoms with Gasteiger partial charge in [-0.25, -0.2) is 4.98 Å². The van der Waals surface area contributed by atoms with Gasteiger partial charge in [0.2, 0.25) is 5.88 Å². The first-order chi connectivity index (χ1) is 14.0. The maximum absolute atomic E-state index is 12.6. The van der Waals surface area contributed by atoms with Crippen LogP contribution >= 0.6 is 11.6 Å². The van der Waals surface area contributed by atoms with E-state index in [9.17, 15) is 22.8 Å². The summed E-state index contributed by atoms with van der Waals surface area (Å²) in [6.45, 7) is 3.65. The third-order valence-electron chi connectivity index (χ3n) is 4.09.